The predicted molar refractivity (Wildman–Crippen MR) is 57.6 cm³/mol. The maximum atomic E-state index is 11.0. The maximum absolute atomic E-state index is 11.0. The summed E-state index contributed by atoms with van der Waals surface area (Å²) >= 11 is 0. The van der Waals surface area contributed by atoms with Gasteiger partial charge in [-0.15, -0.1) is 6.58 Å². The van der Waals surface area contributed by atoms with E-state index >= 15 is 0 Å². The van der Waals surface area contributed by atoms with Crippen molar-refractivity contribution in [2.24, 2.45) is 0 Å². The third kappa shape index (κ3) is 1.95. The van der Waals surface area contributed by atoms with Crippen LogP contribution in [-0.2, 0) is 13.0 Å². The maximum Gasteiger partial charge on any atom is 0.359 e. The first-order chi connectivity index (χ1) is 7.52. The summed E-state index contributed by atoms with van der Waals surface area (Å²) in [6, 6.07) is 1.29. The van der Waals surface area contributed by atoms with Crippen LogP contribution in [0, 0.1) is 10.1 Å². The quantitative estimate of drug-likeness (QED) is 0.469. The first kappa shape index (κ1) is 12.0. The SMILES string of the molecule is C=CCc1cc([N+](=O)[O-])c(C(=O)O)n1CC. The molecule has 6 heteroatoms. The number of rotatable bonds is 5. The number of hydrogen-bond donors (Lipinski definition) is 1. The van der Waals surface area contributed by atoms with E-state index in [-0.39, 0.29) is 11.4 Å². The van der Waals surface area contributed by atoms with Gasteiger partial charge in [0.25, 0.3) is 0 Å². The molecule has 0 amide bonds. The molecule has 0 aromatic carbocycles. The monoisotopic (exact) mass is 224 g/mol. The predicted octanol–water partition coefficient (Wildman–Crippen LogP) is 1.84. The van der Waals surface area contributed by atoms with E-state index in [9.17, 15) is 14.9 Å². The van der Waals surface area contributed by atoms with Gasteiger partial charge in [-0.3, -0.25) is 10.1 Å². The fourth-order valence-corrected chi connectivity index (χ4v) is 1.63. The molecule has 0 bridgehead atoms. The van der Waals surface area contributed by atoms with Crippen LogP contribution < -0.4 is 0 Å². The molecule has 0 atom stereocenters. The molecule has 1 heterocycles. The molecule has 0 aliphatic carbocycles. The Morgan fingerprint density at radius 2 is 2.38 bits per heavy atom. The van der Waals surface area contributed by atoms with E-state index in [0.717, 1.165) is 0 Å². The zero-order chi connectivity index (χ0) is 12.3. The van der Waals surface area contributed by atoms with Crippen molar-refractivity contribution in [1.82, 2.24) is 4.57 Å². The van der Waals surface area contributed by atoms with Crippen LogP contribution in [0.25, 0.3) is 0 Å². The fourth-order valence-electron chi connectivity index (χ4n) is 1.63. The highest BCUT2D eigenvalue weighted by atomic mass is 16.6. The molecule has 16 heavy (non-hydrogen) atoms. The zero-order valence-electron chi connectivity index (χ0n) is 8.84. The van der Waals surface area contributed by atoms with Crippen molar-refractivity contribution >= 4 is 11.7 Å². The largest absolute Gasteiger partial charge is 0.476 e. The molecule has 1 rings (SSSR count). The summed E-state index contributed by atoms with van der Waals surface area (Å²) in [5.74, 6) is -1.29. The molecule has 6 nitrogen and oxygen atoms in total. The minimum Gasteiger partial charge on any atom is -0.476 e. The van der Waals surface area contributed by atoms with Gasteiger partial charge in [-0.1, -0.05) is 6.08 Å². The molecule has 1 N–H and O–H groups in total. The second-order valence-corrected chi connectivity index (χ2v) is 3.17. The number of allylic oxidation sites excluding steroid dienone is 1. The van der Waals surface area contributed by atoms with Crippen molar-refractivity contribution in [2.45, 2.75) is 19.9 Å². The van der Waals surface area contributed by atoms with Crippen molar-refractivity contribution < 1.29 is 14.8 Å². The summed E-state index contributed by atoms with van der Waals surface area (Å²) in [5, 5.41) is 19.7. The molecule has 0 fully saturated rings. The summed E-state index contributed by atoms with van der Waals surface area (Å²) in [6.45, 7) is 5.64. The number of nitro groups is 1. The molecule has 1 aromatic rings. The number of carboxylic acid groups (broad SMARTS) is 1. The molecule has 0 unspecified atom stereocenters. The lowest BCUT2D eigenvalue weighted by molar-refractivity contribution is -0.385. The van der Waals surface area contributed by atoms with Crippen molar-refractivity contribution in [3.8, 4) is 0 Å². The number of carbonyl (C=O) groups is 1. The van der Waals surface area contributed by atoms with Gasteiger partial charge in [0, 0.05) is 24.7 Å². The smallest absolute Gasteiger partial charge is 0.359 e. The second kappa shape index (κ2) is 4.61. The fraction of sp³-hybridized carbons (Fsp3) is 0.300. The first-order valence-corrected chi connectivity index (χ1v) is 4.73. The Morgan fingerprint density at radius 3 is 2.75 bits per heavy atom. The van der Waals surface area contributed by atoms with Crippen LogP contribution in [0.15, 0.2) is 18.7 Å². The van der Waals surface area contributed by atoms with Gasteiger partial charge in [-0.2, -0.15) is 0 Å². The number of nitrogens with zero attached hydrogens (tertiary/aromatic N) is 2. The minimum atomic E-state index is -1.29. The highest BCUT2D eigenvalue weighted by molar-refractivity contribution is 5.91. The van der Waals surface area contributed by atoms with Gasteiger partial charge in [-0.25, -0.2) is 4.79 Å². The van der Waals surface area contributed by atoms with Gasteiger partial charge < -0.3 is 9.67 Å². The van der Waals surface area contributed by atoms with Gasteiger partial charge in [0.1, 0.15) is 0 Å². The van der Waals surface area contributed by atoms with Gasteiger partial charge >= 0.3 is 11.7 Å². The Bertz CT molecular complexity index is 448. The van der Waals surface area contributed by atoms with E-state index in [4.69, 9.17) is 5.11 Å². The summed E-state index contributed by atoms with van der Waals surface area (Å²) in [7, 11) is 0. The first-order valence-electron chi connectivity index (χ1n) is 4.73. The van der Waals surface area contributed by atoms with Crippen molar-refractivity contribution in [3.63, 3.8) is 0 Å². The lowest BCUT2D eigenvalue weighted by Gasteiger charge is -2.05. The van der Waals surface area contributed by atoms with E-state index in [1.54, 1.807) is 13.0 Å². The van der Waals surface area contributed by atoms with E-state index in [1.807, 2.05) is 0 Å². The van der Waals surface area contributed by atoms with Crippen LogP contribution >= 0.6 is 0 Å². The molecule has 0 saturated heterocycles. The summed E-state index contributed by atoms with van der Waals surface area (Å²) < 4.78 is 1.42. The standard InChI is InChI=1S/C10H12N2O4/c1-3-5-7-6-8(12(15)16)9(10(13)14)11(7)4-2/h3,6H,1,4-5H2,2H3,(H,13,14). The summed E-state index contributed by atoms with van der Waals surface area (Å²) in [6.07, 6.45) is 1.98. The number of aromatic nitrogens is 1. The number of hydrogen-bond acceptors (Lipinski definition) is 3. The summed E-state index contributed by atoms with van der Waals surface area (Å²) in [4.78, 5) is 21.0. The normalized spacial score (nSPS) is 10.1. The molecule has 1 aromatic heterocycles. The average Bonchev–Trinajstić information content (AvgIpc) is 2.57. The van der Waals surface area contributed by atoms with Crippen LogP contribution in [0.2, 0.25) is 0 Å². The Morgan fingerprint density at radius 1 is 1.75 bits per heavy atom. The Balaban J connectivity index is 3.45. The van der Waals surface area contributed by atoms with E-state index in [2.05, 4.69) is 6.58 Å². The van der Waals surface area contributed by atoms with Crippen molar-refractivity contribution in [1.29, 1.82) is 0 Å². The number of carboxylic acids is 1. The Labute approximate surface area is 92.0 Å². The Kier molecular flexibility index (Phi) is 3.44. The van der Waals surface area contributed by atoms with E-state index in [1.165, 1.54) is 10.6 Å². The molecular weight excluding hydrogens is 212 g/mol. The van der Waals surface area contributed by atoms with Crippen molar-refractivity contribution in [2.75, 3.05) is 0 Å². The molecular formula is C10H12N2O4. The summed E-state index contributed by atoms with van der Waals surface area (Å²) in [5.41, 5.74) is -0.0582. The van der Waals surface area contributed by atoms with Crippen molar-refractivity contribution in [3.05, 3.63) is 40.2 Å². The third-order valence-electron chi connectivity index (χ3n) is 2.23. The zero-order valence-corrected chi connectivity index (χ0v) is 8.84. The second-order valence-electron chi connectivity index (χ2n) is 3.17. The van der Waals surface area contributed by atoms with Crippen LogP contribution in [0.5, 0.6) is 0 Å². The van der Waals surface area contributed by atoms with Crippen LogP contribution in [0.1, 0.15) is 23.1 Å². The highest BCUT2D eigenvalue weighted by Crippen LogP contribution is 2.24. The lowest BCUT2D eigenvalue weighted by atomic mass is 10.3. The molecule has 0 spiro atoms. The Hall–Kier alpha value is -2.11. The molecule has 0 aliphatic rings. The topological polar surface area (TPSA) is 85.4 Å². The van der Waals surface area contributed by atoms with Crippen LogP contribution in [-0.4, -0.2) is 20.6 Å². The van der Waals surface area contributed by atoms with E-state index < -0.39 is 10.9 Å². The average molecular weight is 224 g/mol. The van der Waals surface area contributed by atoms with E-state index in [0.29, 0.717) is 18.7 Å². The van der Waals surface area contributed by atoms with Gasteiger partial charge in [0.05, 0.1) is 4.92 Å². The lowest BCUT2D eigenvalue weighted by Crippen LogP contribution is -2.11. The highest BCUT2D eigenvalue weighted by Gasteiger charge is 2.27. The van der Waals surface area contributed by atoms with Gasteiger partial charge in [0.15, 0.2) is 0 Å². The number of aromatic carboxylic acids is 1. The molecule has 0 radical (unpaired) electrons. The van der Waals surface area contributed by atoms with Crippen LogP contribution in [0.3, 0.4) is 0 Å². The molecule has 0 saturated carbocycles. The molecule has 86 valence electrons. The van der Waals surface area contributed by atoms with Gasteiger partial charge in [-0.05, 0) is 6.92 Å². The third-order valence-corrected chi connectivity index (χ3v) is 2.23. The van der Waals surface area contributed by atoms with Crippen LogP contribution in [0.4, 0.5) is 5.69 Å². The van der Waals surface area contributed by atoms with Gasteiger partial charge in [0.2, 0.25) is 5.69 Å². The minimum absolute atomic E-state index is 0.274. The molecule has 0 aliphatic heterocycles.